The highest BCUT2D eigenvalue weighted by atomic mass is 16.1. The first-order chi connectivity index (χ1) is 6.11. The summed E-state index contributed by atoms with van der Waals surface area (Å²) in [5, 5.41) is 0. The lowest BCUT2D eigenvalue weighted by atomic mass is 10.1. The summed E-state index contributed by atoms with van der Waals surface area (Å²) in [7, 11) is 1.77. The van der Waals surface area contributed by atoms with E-state index < -0.39 is 0 Å². The molecule has 1 rings (SSSR count). The zero-order chi connectivity index (χ0) is 10.4. The first-order valence-corrected chi connectivity index (χ1v) is 4.78. The summed E-state index contributed by atoms with van der Waals surface area (Å²) in [4.78, 5) is 11.0. The van der Waals surface area contributed by atoms with E-state index >= 15 is 0 Å². The lowest BCUT2D eigenvalue weighted by molar-refractivity contribution is 0.794. The smallest absolute Gasteiger partial charge is 0.250 e. The van der Waals surface area contributed by atoms with Crippen LogP contribution in [0, 0.1) is 0 Å². The van der Waals surface area contributed by atoms with Gasteiger partial charge in [-0.25, -0.2) is 0 Å². The molecule has 0 aliphatic heterocycles. The molecule has 0 saturated carbocycles. The average molecular weight is 181 g/mol. The minimum absolute atomic E-state index is 0.0504. The molecule has 0 N–H and O–H groups in total. The van der Waals surface area contributed by atoms with Crippen LogP contribution in [0.25, 0.3) is 0 Å². The first-order valence-electron chi connectivity index (χ1n) is 4.78. The SMILES string of the molecule is CC.CC(C)c1ccc(=O)n(C)c1. The monoisotopic (exact) mass is 181 g/mol. The minimum Gasteiger partial charge on any atom is -0.318 e. The molecule has 0 atom stereocenters. The van der Waals surface area contributed by atoms with E-state index in [4.69, 9.17) is 0 Å². The van der Waals surface area contributed by atoms with Gasteiger partial charge in [0.1, 0.15) is 0 Å². The van der Waals surface area contributed by atoms with Crippen LogP contribution in [0.4, 0.5) is 0 Å². The Morgan fingerprint density at radius 1 is 1.23 bits per heavy atom. The molecule has 0 amide bonds. The molecule has 2 heteroatoms. The summed E-state index contributed by atoms with van der Waals surface area (Å²) in [6, 6.07) is 3.49. The summed E-state index contributed by atoms with van der Waals surface area (Å²) < 4.78 is 1.61. The van der Waals surface area contributed by atoms with Gasteiger partial charge in [-0.2, -0.15) is 0 Å². The molecule has 1 aromatic rings. The molecule has 2 nitrogen and oxygen atoms in total. The Morgan fingerprint density at radius 2 is 1.77 bits per heavy atom. The van der Waals surface area contributed by atoms with Crippen molar-refractivity contribution >= 4 is 0 Å². The molecule has 0 unspecified atom stereocenters. The Hall–Kier alpha value is -1.05. The Bertz CT molecular complexity index is 299. The molecule has 0 aromatic carbocycles. The maximum Gasteiger partial charge on any atom is 0.250 e. The Kier molecular flexibility index (Phi) is 5.12. The van der Waals surface area contributed by atoms with Crippen LogP contribution >= 0.6 is 0 Å². The highest BCUT2D eigenvalue weighted by Gasteiger charge is 1.98. The van der Waals surface area contributed by atoms with E-state index in [1.54, 1.807) is 17.7 Å². The van der Waals surface area contributed by atoms with Gasteiger partial charge in [0.25, 0.3) is 0 Å². The quantitative estimate of drug-likeness (QED) is 0.652. The van der Waals surface area contributed by atoms with E-state index in [9.17, 15) is 4.79 Å². The number of hydrogen-bond donors (Lipinski definition) is 0. The Balaban J connectivity index is 0.000000671. The van der Waals surface area contributed by atoms with Gasteiger partial charge in [0.2, 0.25) is 5.56 Å². The standard InChI is InChI=1S/C9H13NO.C2H6/c1-7(2)8-4-5-9(11)10(3)6-8;1-2/h4-7H,1-3H3;1-2H3. The fourth-order valence-corrected chi connectivity index (χ4v) is 0.957. The van der Waals surface area contributed by atoms with E-state index in [1.165, 1.54) is 5.56 Å². The van der Waals surface area contributed by atoms with Gasteiger partial charge < -0.3 is 4.57 Å². The largest absolute Gasteiger partial charge is 0.318 e. The zero-order valence-electron chi connectivity index (χ0n) is 9.16. The van der Waals surface area contributed by atoms with Crippen LogP contribution in [0.5, 0.6) is 0 Å². The molecule has 0 fully saturated rings. The fraction of sp³-hybridized carbons (Fsp3) is 0.545. The maximum atomic E-state index is 11.0. The Morgan fingerprint density at radius 3 is 2.15 bits per heavy atom. The minimum atomic E-state index is 0.0504. The molecule has 1 heterocycles. The summed E-state index contributed by atoms with van der Waals surface area (Å²) >= 11 is 0. The summed E-state index contributed by atoms with van der Waals surface area (Å²) in [5.41, 5.74) is 1.25. The molecule has 0 aliphatic carbocycles. The van der Waals surface area contributed by atoms with Crippen LogP contribution in [0.15, 0.2) is 23.1 Å². The predicted molar refractivity (Wildman–Crippen MR) is 57.1 cm³/mol. The van der Waals surface area contributed by atoms with E-state index in [1.807, 2.05) is 26.1 Å². The van der Waals surface area contributed by atoms with Gasteiger partial charge in [-0.3, -0.25) is 4.79 Å². The van der Waals surface area contributed by atoms with Crippen molar-refractivity contribution in [3.63, 3.8) is 0 Å². The van der Waals surface area contributed by atoms with Gasteiger partial charge in [-0.1, -0.05) is 33.8 Å². The Labute approximate surface area is 80.2 Å². The third-order valence-corrected chi connectivity index (χ3v) is 1.78. The number of aromatic nitrogens is 1. The van der Waals surface area contributed by atoms with Crippen LogP contribution in [0.3, 0.4) is 0 Å². The van der Waals surface area contributed by atoms with Crippen LogP contribution in [0.1, 0.15) is 39.2 Å². The van der Waals surface area contributed by atoms with Crippen molar-refractivity contribution in [1.29, 1.82) is 0 Å². The molecule has 0 spiro atoms. The molecule has 0 aliphatic rings. The molecule has 0 radical (unpaired) electrons. The predicted octanol–water partition coefficient (Wildman–Crippen LogP) is 2.53. The number of aryl methyl sites for hydroxylation is 1. The van der Waals surface area contributed by atoms with E-state index in [-0.39, 0.29) is 5.56 Å². The van der Waals surface area contributed by atoms with Gasteiger partial charge in [0.05, 0.1) is 0 Å². The lowest BCUT2D eigenvalue weighted by Gasteiger charge is -2.05. The van der Waals surface area contributed by atoms with Crippen LogP contribution in [-0.4, -0.2) is 4.57 Å². The average Bonchev–Trinajstić information content (AvgIpc) is 2.13. The molecule has 13 heavy (non-hydrogen) atoms. The lowest BCUT2D eigenvalue weighted by Crippen LogP contribution is -2.15. The second kappa shape index (κ2) is 5.57. The third kappa shape index (κ3) is 3.45. The third-order valence-electron chi connectivity index (χ3n) is 1.78. The van der Waals surface area contributed by atoms with Gasteiger partial charge in [-0.05, 0) is 11.5 Å². The number of nitrogens with zero attached hydrogens (tertiary/aromatic N) is 1. The number of rotatable bonds is 1. The number of pyridine rings is 1. The normalized spacial score (nSPS) is 9.38. The van der Waals surface area contributed by atoms with E-state index in [2.05, 4.69) is 13.8 Å². The van der Waals surface area contributed by atoms with Gasteiger partial charge in [-0.15, -0.1) is 0 Å². The van der Waals surface area contributed by atoms with Crippen molar-refractivity contribution in [3.8, 4) is 0 Å². The van der Waals surface area contributed by atoms with E-state index in [0.717, 1.165) is 0 Å². The van der Waals surface area contributed by atoms with Crippen LogP contribution < -0.4 is 5.56 Å². The number of hydrogen-bond acceptors (Lipinski definition) is 1. The summed E-state index contributed by atoms with van der Waals surface area (Å²) in [6.07, 6.45) is 1.88. The molecule has 0 bridgehead atoms. The highest BCUT2D eigenvalue weighted by Crippen LogP contribution is 2.10. The zero-order valence-corrected chi connectivity index (χ0v) is 9.16. The van der Waals surface area contributed by atoms with Crippen molar-refractivity contribution in [1.82, 2.24) is 4.57 Å². The summed E-state index contributed by atoms with van der Waals surface area (Å²) in [5.74, 6) is 0.488. The highest BCUT2D eigenvalue weighted by molar-refractivity contribution is 5.13. The fourth-order valence-electron chi connectivity index (χ4n) is 0.957. The van der Waals surface area contributed by atoms with Crippen molar-refractivity contribution < 1.29 is 0 Å². The van der Waals surface area contributed by atoms with Crippen molar-refractivity contribution in [2.75, 3.05) is 0 Å². The molecule has 0 saturated heterocycles. The second-order valence-electron chi connectivity index (χ2n) is 3.07. The van der Waals surface area contributed by atoms with Gasteiger partial charge in [0, 0.05) is 19.3 Å². The van der Waals surface area contributed by atoms with Gasteiger partial charge >= 0.3 is 0 Å². The van der Waals surface area contributed by atoms with Crippen molar-refractivity contribution in [2.24, 2.45) is 7.05 Å². The summed E-state index contributed by atoms with van der Waals surface area (Å²) in [6.45, 7) is 8.22. The molecular formula is C11H19NO. The molecule has 74 valence electrons. The first kappa shape index (κ1) is 11.9. The van der Waals surface area contributed by atoms with Gasteiger partial charge in [0.15, 0.2) is 0 Å². The van der Waals surface area contributed by atoms with Crippen LogP contribution in [0.2, 0.25) is 0 Å². The topological polar surface area (TPSA) is 22.0 Å². The van der Waals surface area contributed by atoms with Crippen molar-refractivity contribution in [2.45, 2.75) is 33.6 Å². The molecule has 1 aromatic heterocycles. The molecular weight excluding hydrogens is 162 g/mol. The van der Waals surface area contributed by atoms with Crippen molar-refractivity contribution in [3.05, 3.63) is 34.2 Å². The van der Waals surface area contributed by atoms with Crippen LogP contribution in [-0.2, 0) is 7.05 Å². The second-order valence-corrected chi connectivity index (χ2v) is 3.07. The van der Waals surface area contributed by atoms with E-state index in [0.29, 0.717) is 5.92 Å². The maximum absolute atomic E-state index is 11.0.